The second-order valence-electron chi connectivity index (χ2n) is 4.58. The quantitative estimate of drug-likeness (QED) is 0.670. The Balaban J connectivity index is 1.89. The largest absolute Gasteiger partial charge is 0.365 e. The van der Waals surface area contributed by atoms with Crippen LogP contribution in [-0.2, 0) is 21.7 Å². The normalized spacial score (nSPS) is 22.1. The number of hydrogen-bond donors (Lipinski definition) is 0. The zero-order valence-electron chi connectivity index (χ0n) is 9.19. The molecule has 0 radical (unpaired) electrons. The van der Waals surface area contributed by atoms with Gasteiger partial charge in [0.25, 0.3) is 0 Å². The fourth-order valence-electron chi connectivity index (χ4n) is 2.79. The first-order valence-electron chi connectivity index (χ1n) is 5.76. The van der Waals surface area contributed by atoms with Crippen molar-refractivity contribution in [3.05, 3.63) is 35.4 Å². The van der Waals surface area contributed by atoms with E-state index in [0.717, 1.165) is 38.9 Å². The molecule has 1 spiro atoms. The summed E-state index contributed by atoms with van der Waals surface area (Å²) in [6.45, 7) is 2.33. The van der Waals surface area contributed by atoms with Crippen LogP contribution in [-0.4, -0.2) is 24.4 Å². The molecule has 84 valence electrons. The molecule has 1 aromatic carbocycles. The van der Waals surface area contributed by atoms with Gasteiger partial charge in [-0.25, -0.2) is 0 Å². The average molecular weight is 217 g/mol. The van der Waals surface area contributed by atoms with E-state index in [4.69, 9.17) is 4.74 Å². The molecule has 1 saturated heterocycles. The molecule has 0 saturated carbocycles. The summed E-state index contributed by atoms with van der Waals surface area (Å²) in [5, 5.41) is 0. The summed E-state index contributed by atoms with van der Waals surface area (Å²) in [5.74, 6) is 0. The lowest BCUT2D eigenvalue weighted by atomic mass is 9.84. The molecule has 1 aromatic rings. The van der Waals surface area contributed by atoms with Crippen molar-refractivity contribution in [3.8, 4) is 0 Å². The number of likely N-dealkylation sites (tertiary alicyclic amines) is 1. The Morgan fingerprint density at radius 1 is 1.25 bits per heavy atom. The first-order chi connectivity index (χ1) is 7.84. The molecule has 1 fully saturated rings. The number of fused-ring (bicyclic) bond motifs is 2. The molecule has 2 heterocycles. The summed E-state index contributed by atoms with van der Waals surface area (Å²) in [6, 6.07) is 8.43. The number of carbonyl (C=O) groups excluding carboxylic acids is 1. The number of nitrogens with zero attached hydrogens (tertiary/aromatic N) is 1. The number of carbonyl (C=O) groups is 1. The van der Waals surface area contributed by atoms with E-state index in [9.17, 15) is 4.79 Å². The molecule has 3 rings (SSSR count). The van der Waals surface area contributed by atoms with E-state index in [1.165, 1.54) is 11.1 Å². The van der Waals surface area contributed by atoms with Crippen LogP contribution in [0.3, 0.4) is 0 Å². The first-order valence-corrected chi connectivity index (χ1v) is 5.76. The monoisotopic (exact) mass is 217 g/mol. The first kappa shape index (κ1) is 9.85. The number of benzene rings is 1. The minimum atomic E-state index is -0.115. The smallest absolute Gasteiger partial charge is 0.209 e. The van der Waals surface area contributed by atoms with Crippen LogP contribution in [0.2, 0.25) is 0 Å². The summed E-state index contributed by atoms with van der Waals surface area (Å²) in [6.07, 6.45) is 2.78. The Hall–Kier alpha value is -1.35. The molecule has 0 bridgehead atoms. The van der Waals surface area contributed by atoms with Crippen molar-refractivity contribution in [2.75, 3.05) is 13.1 Å². The number of rotatable bonds is 1. The van der Waals surface area contributed by atoms with Gasteiger partial charge in [-0.2, -0.15) is 0 Å². The van der Waals surface area contributed by atoms with E-state index in [1.54, 1.807) is 0 Å². The fourth-order valence-corrected chi connectivity index (χ4v) is 2.79. The van der Waals surface area contributed by atoms with Crippen LogP contribution in [0.15, 0.2) is 24.3 Å². The van der Waals surface area contributed by atoms with E-state index in [2.05, 4.69) is 24.3 Å². The lowest BCUT2D eigenvalue weighted by Crippen LogP contribution is -2.41. The lowest BCUT2D eigenvalue weighted by Gasteiger charge is -2.37. The second kappa shape index (κ2) is 3.59. The van der Waals surface area contributed by atoms with Gasteiger partial charge in [-0.3, -0.25) is 4.79 Å². The number of piperidine rings is 1. The second-order valence-corrected chi connectivity index (χ2v) is 4.58. The third-order valence-electron chi connectivity index (χ3n) is 3.77. The fraction of sp³-hybridized carbons (Fsp3) is 0.462. The van der Waals surface area contributed by atoms with Crippen molar-refractivity contribution >= 4 is 6.41 Å². The molecule has 2 aliphatic heterocycles. The molecule has 0 atom stereocenters. The van der Waals surface area contributed by atoms with Crippen molar-refractivity contribution in [1.29, 1.82) is 0 Å². The van der Waals surface area contributed by atoms with Gasteiger partial charge in [0.2, 0.25) is 6.41 Å². The SMILES string of the molecule is O=CN1CCC2(CC1)OCc1ccccc12. The molecule has 2 aliphatic rings. The molecule has 0 aromatic heterocycles. The Bertz CT molecular complexity index is 408. The summed E-state index contributed by atoms with van der Waals surface area (Å²) in [5.41, 5.74) is 2.53. The molecule has 3 nitrogen and oxygen atoms in total. The van der Waals surface area contributed by atoms with Crippen LogP contribution in [0.4, 0.5) is 0 Å². The predicted molar refractivity (Wildman–Crippen MR) is 59.8 cm³/mol. The van der Waals surface area contributed by atoms with E-state index in [1.807, 2.05) is 4.90 Å². The zero-order valence-corrected chi connectivity index (χ0v) is 9.19. The Labute approximate surface area is 95.0 Å². The van der Waals surface area contributed by atoms with Gasteiger partial charge in [0, 0.05) is 13.1 Å². The molecule has 16 heavy (non-hydrogen) atoms. The number of ether oxygens (including phenoxy) is 1. The Morgan fingerprint density at radius 2 is 2.00 bits per heavy atom. The van der Waals surface area contributed by atoms with E-state index < -0.39 is 0 Å². The van der Waals surface area contributed by atoms with Crippen molar-refractivity contribution in [2.24, 2.45) is 0 Å². The zero-order chi connectivity index (χ0) is 11.0. The lowest BCUT2D eigenvalue weighted by molar-refractivity contribution is -0.125. The van der Waals surface area contributed by atoms with Gasteiger partial charge in [-0.05, 0) is 24.0 Å². The van der Waals surface area contributed by atoms with E-state index >= 15 is 0 Å². The van der Waals surface area contributed by atoms with Crippen LogP contribution in [0.1, 0.15) is 24.0 Å². The summed E-state index contributed by atoms with van der Waals surface area (Å²) in [7, 11) is 0. The molecule has 1 amide bonds. The predicted octanol–water partition coefficient (Wildman–Crippen LogP) is 1.66. The molecule has 0 aliphatic carbocycles. The highest BCUT2D eigenvalue weighted by Gasteiger charge is 2.42. The summed E-state index contributed by atoms with van der Waals surface area (Å²) in [4.78, 5) is 12.5. The van der Waals surface area contributed by atoms with Crippen molar-refractivity contribution < 1.29 is 9.53 Å². The third kappa shape index (κ3) is 1.35. The van der Waals surface area contributed by atoms with Gasteiger partial charge in [0.1, 0.15) is 0 Å². The van der Waals surface area contributed by atoms with Crippen LogP contribution in [0.5, 0.6) is 0 Å². The van der Waals surface area contributed by atoms with Gasteiger partial charge in [-0.1, -0.05) is 24.3 Å². The number of hydrogen-bond acceptors (Lipinski definition) is 2. The minimum absolute atomic E-state index is 0.115. The van der Waals surface area contributed by atoms with Crippen LogP contribution >= 0.6 is 0 Å². The van der Waals surface area contributed by atoms with Gasteiger partial charge in [0.05, 0.1) is 12.2 Å². The minimum Gasteiger partial charge on any atom is -0.365 e. The maximum absolute atomic E-state index is 10.7. The van der Waals surface area contributed by atoms with Crippen LogP contribution < -0.4 is 0 Å². The maximum atomic E-state index is 10.7. The van der Waals surface area contributed by atoms with Crippen molar-refractivity contribution in [3.63, 3.8) is 0 Å². The maximum Gasteiger partial charge on any atom is 0.209 e. The van der Waals surface area contributed by atoms with Crippen molar-refractivity contribution in [2.45, 2.75) is 25.0 Å². The Kier molecular flexibility index (Phi) is 2.21. The molecular weight excluding hydrogens is 202 g/mol. The van der Waals surface area contributed by atoms with Gasteiger partial charge >= 0.3 is 0 Å². The highest BCUT2D eigenvalue weighted by Crippen LogP contribution is 2.43. The van der Waals surface area contributed by atoms with Gasteiger partial charge in [0.15, 0.2) is 0 Å². The average Bonchev–Trinajstić information content (AvgIpc) is 2.71. The topological polar surface area (TPSA) is 29.5 Å². The Morgan fingerprint density at radius 3 is 2.75 bits per heavy atom. The molecule has 3 heteroatoms. The van der Waals surface area contributed by atoms with E-state index in [0.29, 0.717) is 0 Å². The third-order valence-corrected chi connectivity index (χ3v) is 3.77. The van der Waals surface area contributed by atoms with Crippen LogP contribution in [0.25, 0.3) is 0 Å². The highest BCUT2D eigenvalue weighted by atomic mass is 16.5. The molecular formula is C13H15NO2. The van der Waals surface area contributed by atoms with E-state index in [-0.39, 0.29) is 5.60 Å². The van der Waals surface area contributed by atoms with Crippen molar-refractivity contribution in [1.82, 2.24) is 4.90 Å². The van der Waals surface area contributed by atoms with Crippen LogP contribution in [0, 0.1) is 0 Å². The molecule has 0 unspecified atom stereocenters. The molecule has 0 N–H and O–H groups in total. The standard InChI is InChI=1S/C13H15NO2/c15-10-14-7-5-13(6-8-14)12-4-2-1-3-11(12)9-16-13/h1-4,10H,5-9H2. The highest BCUT2D eigenvalue weighted by molar-refractivity contribution is 5.48. The summed E-state index contributed by atoms with van der Waals surface area (Å²) < 4.78 is 6.00. The number of amides is 1. The summed E-state index contributed by atoms with van der Waals surface area (Å²) >= 11 is 0. The van der Waals surface area contributed by atoms with Gasteiger partial charge in [-0.15, -0.1) is 0 Å². The van der Waals surface area contributed by atoms with Gasteiger partial charge < -0.3 is 9.64 Å².